The fourth-order valence-corrected chi connectivity index (χ4v) is 0.540. The summed E-state index contributed by atoms with van der Waals surface area (Å²) in [6.07, 6.45) is -6.20. The standard InChI is InChI=1S/C4H3F3N4O2/c5-4(6,7)1-8-2(11-10-1)9-3(12)13/h(H,12,13)(H2,8,9,10,11). The van der Waals surface area contributed by atoms with Crippen molar-refractivity contribution in [1.82, 2.24) is 15.2 Å². The molecular weight excluding hydrogens is 193 g/mol. The Hall–Kier alpha value is -1.80. The zero-order chi connectivity index (χ0) is 10.1. The average molecular weight is 196 g/mol. The molecule has 3 N–H and O–H groups in total. The van der Waals surface area contributed by atoms with Crippen molar-refractivity contribution >= 4 is 12.0 Å². The summed E-state index contributed by atoms with van der Waals surface area (Å²) in [5.41, 5.74) is 0. The Morgan fingerprint density at radius 1 is 1.54 bits per heavy atom. The Kier molecular flexibility index (Phi) is 2.09. The first-order chi connectivity index (χ1) is 5.89. The SMILES string of the molecule is O=C(O)Nc1n[nH]c(C(F)(F)F)n1. The van der Waals surface area contributed by atoms with E-state index < -0.39 is 24.0 Å². The lowest BCUT2D eigenvalue weighted by molar-refractivity contribution is -0.144. The van der Waals surface area contributed by atoms with E-state index in [1.807, 2.05) is 0 Å². The number of carbonyl (C=O) groups is 1. The second-order valence-corrected chi connectivity index (χ2v) is 1.94. The van der Waals surface area contributed by atoms with E-state index in [4.69, 9.17) is 5.11 Å². The van der Waals surface area contributed by atoms with Gasteiger partial charge in [0.25, 0.3) is 5.95 Å². The number of alkyl halides is 3. The summed E-state index contributed by atoms with van der Waals surface area (Å²) in [6.45, 7) is 0. The highest BCUT2D eigenvalue weighted by molar-refractivity contribution is 5.80. The molecular formula is C4H3F3N4O2. The van der Waals surface area contributed by atoms with Crippen molar-refractivity contribution in [2.24, 2.45) is 0 Å². The Balaban J connectivity index is 2.81. The van der Waals surface area contributed by atoms with Crippen LogP contribution in [-0.2, 0) is 6.18 Å². The van der Waals surface area contributed by atoms with E-state index >= 15 is 0 Å². The summed E-state index contributed by atoms with van der Waals surface area (Å²) in [5, 5.41) is 14.2. The van der Waals surface area contributed by atoms with Crippen LogP contribution in [0.25, 0.3) is 0 Å². The minimum absolute atomic E-state index is 0.639. The van der Waals surface area contributed by atoms with Gasteiger partial charge >= 0.3 is 12.3 Å². The van der Waals surface area contributed by atoms with E-state index in [2.05, 4.69) is 10.1 Å². The molecule has 0 bridgehead atoms. The predicted octanol–water partition coefficient (Wildman–Crippen LogP) is 0.913. The second-order valence-electron chi connectivity index (χ2n) is 1.94. The average Bonchev–Trinajstić information content (AvgIpc) is 2.32. The Morgan fingerprint density at radius 3 is 2.54 bits per heavy atom. The quantitative estimate of drug-likeness (QED) is 0.622. The molecule has 9 heteroatoms. The fourth-order valence-electron chi connectivity index (χ4n) is 0.540. The number of anilines is 1. The molecule has 0 aliphatic heterocycles. The summed E-state index contributed by atoms with van der Waals surface area (Å²) in [5.74, 6) is -1.99. The molecule has 0 spiro atoms. The highest BCUT2D eigenvalue weighted by atomic mass is 19.4. The van der Waals surface area contributed by atoms with Crippen molar-refractivity contribution in [1.29, 1.82) is 0 Å². The number of nitrogens with one attached hydrogen (secondary N) is 2. The molecule has 1 aromatic rings. The number of halogens is 3. The summed E-state index contributed by atoms with van der Waals surface area (Å²) >= 11 is 0. The smallest absolute Gasteiger partial charge is 0.451 e. The van der Waals surface area contributed by atoms with Crippen molar-refractivity contribution in [3.8, 4) is 0 Å². The summed E-state index contributed by atoms with van der Waals surface area (Å²) in [4.78, 5) is 12.8. The van der Waals surface area contributed by atoms with E-state index in [9.17, 15) is 18.0 Å². The van der Waals surface area contributed by atoms with Crippen molar-refractivity contribution in [3.63, 3.8) is 0 Å². The first-order valence-electron chi connectivity index (χ1n) is 2.89. The Morgan fingerprint density at radius 2 is 2.15 bits per heavy atom. The number of amides is 1. The lowest BCUT2D eigenvalue weighted by Crippen LogP contribution is -2.10. The number of carboxylic acid groups (broad SMARTS) is 1. The third-order valence-corrected chi connectivity index (χ3v) is 0.973. The van der Waals surface area contributed by atoms with Gasteiger partial charge in [0, 0.05) is 0 Å². The van der Waals surface area contributed by atoms with Gasteiger partial charge in [-0.3, -0.25) is 10.4 Å². The van der Waals surface area contributed by atoms with Crippen LogP contribution in [0.2, 0.25) is 0 Å². The molecule has 1 aromatic heterocycles. The monoisotopic (exact) mass is 196 g/mol. The molecule has 0 aromatic carbocycles. The number of nitrogens with zero attached hydrogens (tertiary/aromatic N) is 2. The maximum Gasteiger partial charge on any atom is 0.451 e. The molecule has 0 unspecified atom stereocenters. The maximum atomic E-state index is 11.8. The molecule has 72 valence electrons. The normalized spacial score (nSPS) is 11.3. The molecule has 0 saturated heterocycles. The minimum atomic E-state index is -4.66. The van der Waals surface area contributed by atoms with Crippen LogP contribution in [0.3, 0.4) is 0 Å². The molecule has 0 aliphatic carbocycles. The highest BCUT2D eigenvalue weighted by Gasteiger charge is 2.35. The van der Waals surface area contributed by atoms with E-state index in [-0.39, 0.29) is 0 Å². The summed E-state index contributed by atoms with van der Waals surface area (Å²) in [7, 11) is 0. The van der Waals surface area contributed by atoms with E-state index in [1.54, 1.807) is 5.32 Å². The molecule has 0 aliphatic rings. The zero-order valence-corrected chi connectivity index (χ0v) is 5.88. The second kappa shape index (κ2) is 2.92. The number of hydrogen-bond donors (Lipinski definition) is 3. The Bertz CT molecular complexity index is 319. The van der Waals surface area contributed by atoms with Crippen LogP contribution in [0.4, 0.5) is 23.9 Å². The van der Waals surface area contributed by atoms with E-state index in [0.717, 1.165) is 0 Å². The fraction of sp³-hybridized carbons (Fsp3) is 0.250. The third-order valence-electron chi connectivity index (χ3n) is 0.973. The first-order valence-corrected chi connectivity index (χ1v) is 2.89. The molecule has 1 heterocycles. The molecule has 13 heavy (non-hydrogen) atoms. The number of aromatic nitrogens is 3. The van der Waals surface area contributed by atoms with Crippen LogP contribution in [0, 0.1) is 0 Å². The molecule has 1 rings (SSSR count). The third kappa shape index (κ3) is 2.32. The summed E-state index contributed by atoms with van der Waals surface area (Å²) in [6, 6.07) is 0. The molecule has 0 fully saturated rings. The van der Waals surface area contributed by atoms with Crippen LogP contribution < -0.4 is 5.32 Å². The van der Waals surface area contributed by atoms with Gasteiger partial charge in [-0.15, -0.1) is 5.10 Å². The van der Waals surface area contributed by atoms with Gasteiger partial charge < -0.3 is 5.11 Å². The lowest BCUT2D eigenvalue weighted by atomic mass is 10.6. The number of H-pyrrole nitrogens is 1. The first kappa shape index (κ1) is 9.29. The highest BCUT2D eigenvalue weighted by Crippen LogP contribution is 2.26. The van der Waals surface area contributed by atoms with Crippen molar-refractivity contribution in [2.75, 3.05) is 5.32 Å². The largest absolute Gasteiger partial charge is 0.465 e. The van der Waals surface area contributed by atoms with Gasteiger partial charge in [-0.1, -0.05) is 0 Å². The topological polar surface area (TPSA) is 90.9 Å². The zero-order valence-electron chi connectivity index (χ0n) is 5.88. The van der Waals surface area contributed by atoms with Crippen molar-refractivity contribution in [3.05, 3.63) is 5.82 Å². The Labute approximate surface area is 68.8 Å². The molecule has 6 nitrogen and oxygen atoms in total. The van der Waals surface area contributed by atoms with Gasteiger partial charge in [0.2, 0.25) is 5.82 Å². The number of rotatable bonds is 1. The number of aromatic amines is 1. The molecule has 1 amide bonds. The van der Waals surface area contributed by atoms with Crippen molar-refractivity contribution < 1.29 is 23.1 Å². The predicted molar refractivity (Wildman–Crippen MR) is 33.0 cm³/mol. The molecule has 0 saturated carbocycles. The maximum absolute atomic E-state index is 11.8. The van der Waals surface area contributed by atoms with Gasteiger partial charge in [-0.05, 0) is 0 Å². The minimum Gasteiger partial charge on any atom is -0.465 e. The molecule has 0 radical (unpaired) electrons. The summed E-state index contributed by atoms with van der Waals surface area (Å²) < 4.78 is 35.5. The van der Waals surface area contributed by atoms with Crippen LogP contribution >= 0.6 is 0 Å². The van der Waals surface area contributed by atoms with Crippen LogP contribution in [-0.4, -0.2) is 26.4 Å². The van der Waals surface area contributed by atoms with E-state index in [0.29, 0.717) is 0 Å². The van der Waals surface area contributed by atoms with Gasteiger partial charge in [-0.2, -0.15) is 18.2 Å². The molecule has 0 atom stereocenters. The van der Waals surface area contributed by atoms with Gasteiger partial charge in [0.15, 0.2) is 0 Å². The van der Waals surface area contributed by atoms with Gasteiger partial charge in [0.05, 0.1) is 0 Å². The van der Waals surface area contributed by atoms with Crippen molar-refractivity contribution in [2.45, 2.75) is 6.18 Å². The number of hydrogen-bond acceptors (Lipinski definition) is 3. The van der Waals surface area contributed by atoms with Gasteiger partial charge in [-0.25, -0.2) is 4.79 Å². The van der Waals surface area contributed by atoms with Gasteiger partial charge in [0.1, 0.15) is 0 Å². The van der Waals surface area contributed by atoms with Crippen LogP contribution in [0.1, 0.15) is 5.82 Å². The lowest BCUT2D eigenvalue weighted by Gasteiger charge is -1.98. The van der Waals surface area contributed by atoms with Crippen LogP contribution in [0.15, 0.2) is 0 Å². The van der Waals surface area contributed by atoms with Crippen LogP contribution in [0.5, 0.6) is 0 Å². The van der Waals surface area contributed by atoms with E-state index in [1.165, 1.54) is 5.10 Å².